The Labute approximate surface area is 118 Å². The molecule has 3 heteroatoms. The third-order valence-electron chi connectivity index (χ3n) is 3.72. The molecule has 0 saturated heterocycles. The molecule has 112 valence electrons. The Morgan fingerprint density at radius 3 is 2.26 bits per heavy atom. The molecule has 0 radical (unpaired) electrons. The summed E-state index contributed by atoms with van der Waals surface area (Å²) in [5.74, 6) is 1.66. The van der Waals surface area contributed by atoms with Gasteiger partial charge >= 0.3 is 6.09 Å². The highest BCUT2D eigenvalue weighted by Crippen LogP contribution is 2.29. The summed E-state index contributed by atoms with van der Waals surface area (Å²) in [6.07, 6.45) is 7.09. The Morgan fingerprint density at radius 1 is 1.21 bits per heavy atom. The van der Waals surface area contributed by atoms with Crippen LogP contribution >= 0.6 is 0 Å². The molecule has 0 spiro atoms. The fourth-order valence-electron chi connectivity index (χ4n) is 2.64. The number of nitrogens with one attached hydrogen (secondary N) is 1. The molecule has 0 aromatic heterocycles. The molecule has 3 nitrogen and oxygen atoms in total. The molecule has 19 heavy (non-hydrogen) atoms. The lowest BCUT2D eigenvalue weighted by Gasteiger charge is -2.30. The van der Waals surface area contributed by atoms with Crippen molar-refractivity contribution in [1.82, 2.24) is 5.32 Å². The molecule has 1 aliphatic rings. The van der Waals surface area contributed by atoms with Gasteiger partial charge in [-0.1, -0.05) is 26.7 Å². The van der Waals surface area contributed by atoms with Gasteiger partial charge in [-0.3, -0.25) is 0 Å². The Hall–Kier alpha value is -0.730. The van der Waals surface area contributed by atoms with Crippen LogP contribution in [-0.2, 0) is 4.74 Å². The molecular weight excluding hydrogens is 238 g/mol. The van der Waals surface area contributed by atoms with Crippen molar-refractivity contribution in [3.8, 4) is 0 Å². The fourth-order valence-corrected chi connectivity index (χ4v) is 2.64. The number of carbonyl (C=O) groups excluding carboxylic acids is 1. The highest BCUT2D eigenvalue weighted by atomic mass is 16.6. The Bertz CT molecular complexity index is 273. The van der Waals surface area contributed by atoms with Gasteiger partial charge in [0, 0.05) is 6.04 Å². The van der Waals surface area contributed by atoms with Gasteiger partial charge in [-0.15, -0.1) is 0 Å². The first-order valence-corrected chi connectivity index (χ1v) is 7.76. The van der Waals surface area contributed by atoms with Gasteiger partial charge in [0.1, 0.15) is 5.60 Å². The van der Waals surface area contributed by atoms with E-state index >= 15 is 0 Å². The van der Waals surface area contributed by atoms with E-state index in [0.717, 1.165) is 24.7 Å². The van der Waals surface area contributed by atoms with Crippen molar-refractivity contribution in [2.75, 3.05) is 0 Å². The van der Waals surface area contributed by atoms with Gasteiger partial charge in [0.05, 0.1) is 0 Å². The largest absolute Gasteiger partial charge is 0.444 e. The van der Waals surface area contributed by atoms with E-state index in [2.05, 4.69) is 19.2 Å². The lowest BCUT2D eigenvalue weighted by Crippen LogP contribution is -2.40. The zero-order valence-electron chi connectivity index (χ0n) is 13.3. The Balaban J connectivity index is 2.21. The molecule has 1 N–H and O–H groups in total. The van der Waals surface area contributed by atoms with E-state index in [1.54, 1.807) is 0 Å². The predicted octanol–water partition coefficient (Wildman–Crippen LogP) is 4.51. The molecule has 0 bridgehead atoms. The van der Waals surface area contributed by atoms with E-state index in [-0.39, 0.29) is 6.09 Å². The summed E-state index contributed by atoms with van der Waals surface area (Å²) >= 11 is 0. The van der Waals surface area contributed by atoms with Gasteiger partial charge < -0.3 is 10.1 Å². The minimum atomic E-state index is -0.404. The minimum absolute atomic E-state index is 0.266. The Morgan fingerprint density at radius 2 is 1.79 bits per heavy atom. The van der Waals surface area contributed by atoms with Crippen LogP contribution in [0.1, 0.15) is 73.1 Å². The van der Waals surface area contributed by atoms with Crippen molar-refractivity contribution >= 4 is 6.09 Å². The number of carbonyl (C=O) groups is 1. The molecule has 0 aliphatic heterocycles. The highest BCUT2D eigenvalue weighted by Gasteiger charge is 2.24. The molecule has 0 heterocycles. The molecule has 0 atom stereocenters. The quantitative estimate of drug-likeness (QED) is 0.815. The van der Waals surface area contributed by atoms with E-state index in [9.17, 15) is 4.79 Å². The van der Waals surface area contributed by atoms with Crippen molar-refractivity contribution in [3.63, 3.8) is 0 Å². The summed E-state index contributed by atoms with van der Waals surface area (Å²) in [6, 6.07) is 0.310. The second-order valence-electron chi connectivity index (χ2n) is 7.34. The van der Waals surface area contributed by atoms with Gasteiger partial charge in [-0.2, -0.15) is 0 Å². The summed E-state index contributed by atoms with van der Waals surface area (Å²) in [6.45, 7) is 10.3. The zero-order chi connectivity index (χ0) is 14.5. The second-order valence-corrected chi connectivity index (χ2v) is 7.34. The minimum Gasteiger partial charge on any atom is -0.444 e. The highest BCUT2D eigenvalue weighted by molar-refractivity contribution is 5.68. The summed E-state index contributed by atoms with van der Waals surface area (Å²) in [5, 5.41) is 3.00. The first-order valence-electron chi connectivity index (χ1n) is 7.76. The van der Waals surface area contributed by atoms with Crippen LogP contribution < -0.4 is 5.32 Å². The molecule has 1 aliphatic carbocycles. The van der Waals surface area contributed by atoms with Gasteiger partial charge in [-0.25, -0.2) is 4.79 Å². The van der Waals surface area contributed by atoms with E-state index in [1.165, 1.54) is 25.7 Å². The van der Waals surface area contributed by atoms with Gasteiger partial charge in [0.2, 0.25) is 0 Å². The fraction of sp³-hybridized carbons (Fsp3) is 0.938. The maximum atomic E-state index is 11.7. The molecule has 0 unspecified atom stereocenters. The third-order valence-corrected chi connectivity index (χ3v) is 3.72. The van der Waals surface area contributed by atoms with Crippen molar-refractivity contribution in [1.29, 1.82) is 0 Å². The van der Waals surface area contributed by atoms with Crippen LogP contribution in [-0.4, -0.2) is 17.7 Å². The first-order chi connectivity index (χ1) is 8.76. The second kappa shape index (κ2) is 7.16. The number of amides is 1. The molecule has 0 aromatic rings. The summed E-state index contributed by atoms with van der Waals surface area (Å²) in [4.78, 5) is 11.7. The van der Waals surface area contributed by atoms with Crippen LogP contribution in [0.2, 0.25) is 0 Å². The smallest absolute Gasteiger partial charge is 0.407 e. The molecular formula is C16H31NO2. The van der Waals surface area contributed by atoms with Gasteiger partial charge in [0.25, 0.3) is 0 Å². The van der Waals surface area contributed by atoms with Crippen molar-refractivity contribution in [2.24, 2.45) is 11.8 Å². The van der Waals surface area contributed by atoms with E-state index in [0.29, 0.717) is 6.04 Å². The van der Waals surface area contributed by atoms with Crippen LogP contribution in [0.3, 0.4) is 0 Å². The summed E-state index contributed by atoms with van der Waals surface area (Å²) < 4.78 is 5.30. The third kappa shape index (κ3) is 7.44. The molecule has 1 fully saturated rings. The maximum Gasteiger partial charge on any atom is 0.407 e. The topological polar surface area (TPSA) is 38.3 Å². The number of rotatable bonds is 4. The van der Waals surface area contributed by atoms with Crippen LogP contribution in [0.5, 0.6) is 0 Å². The lowest BCUT2D eigenvalue weighted by atomic mass is 9.82. The van der Waals surface area contributed by atoms with Crippen molar-refractivity contribution in [3.05, 3.63) is 0 Å². The molecule has 0 aromatic carbocycles. The van der Waals surface area contributed by atoms with Crippen LogP contribution in [0.4, 0.5) is 4.79 Å². The predicted molar refractivity (Wildman–Crippen MR) is 79.2 cm³/mol. The van der Waals surface area contributed by atoms with Gasteiger partial charge in [0.15, 0.2) is 0 Å². The SMILES string of the molecule is CC(C)CCC1CCC(NC(=O)OC(C)(C)C)CC1. The maximum absolute atomic E-state index is 11.7. The summed E-state index contributed by atoms with van der Waals surface area (Å²) in [7, 11) is 0. The molecule has 1 amide bonds. The first kappa shape index (κ1) is 16.3. The summed E-state index contributed by atoms with van der Waals surface area (Å²) in [5.41, 5.74) is -0.404. The number of ether oxygens (including phenoxy) is 1. The standard InChI is InChI=1S/C16H31NO2/c1-12(2)6-7-13-8-10-14(11-9-13)17-15(18)19-16(3,4)5/h12-14H,6-11H2,1-5H3,(H,17,18). The average molecular weight is 269 g/mol. The van der Waals surface area contributed by atoms with Crippen molar-refractivity contribution < 1.29 is 9.53 Å². The van der Waals surface area contributed by atoms with E-state index in [1.807, 2.05) is 20.8 Å². The van der Waals surface area contributed by atoms with E-state index < -0.39 is 5.60 Å². The Kier molecular flexibility index (Phi) is 6.15. The van der Waals surface area contributed by atoms with Crippen LogP contribution in [0.15, 0.2) is 0 Å². The van der Waals surface area contributed by atoms with Crippen LogP contribution in [0.25, 0.3) is 0 Å². The zero-order valence-corrected chi connectivity index (χ0v) is 13.3. The van der Waals surface area contributed by atoms with Crippen LogP contribution in [0, 0.1) is 11.8 Å². The normalized spacial score (nSPS) is 24.3. The molecule has 1 saturated carbocycles. The number of hydrogen-bond donors (Lipinski definition) is 1. The van der Waals surface area contributed by atoms with Gasteiger partial charge in [-0.05, 0) is 58.3 Å². The number of hydrogen-bond acceptors (Lipinski definition) is 2. The molecule has 1 rings (SSSR count). The number of alkyl carbamates (subject to hydrolysis) is 1. The monoisotopic (exact) mass is 269 g/mol. The average Bonchev–Trinajstić information content (AvgIpc) is 2.25. The lowest BCUT2D eigenvalue weighted by molar-refractivity contribution is 0.0486. The van der Waals surface area contributed by atoms with E-state index in [4.69, 9.17) is 4.74 Å². The van der Waals surface area contributed by atoms with Crippen molar-refractivity contribution in [2.45, 2.75) is 84.8 Å².